The number of para-hydroxylation sites is 2. The lowest BCUT2D eigenvalue weighted by Gasteiger charge is -2.10. The van der Waals surface area contributed by atoms with Crippen LogP contribution >= 0.6 is 0 Å². The molecular formula is C28H24N4O5S. The van der Waals surface area contributed by atoms with Gasteiger partial charge in [0.05, 0.1) is 0 Å². The lowest BCUT2D eigenvalue weighted by Crippen LogP contribution is -2.19. The van der Waals surface area contributed by atoms with Crippen LogP contribution in [0.1, 0.15) is 11.1 Å². The van der Waals surface area contributed by atoms with Crippen molar-refractivity contribution in [2.24, 2.45) is 0 Å². The Morgan fingerprint density at radius 1 is 0.579 bits per heavy atom. The Kier molecular flexibility index (Phi) is 8.17. The zero-order chi connectivity index (χ0) is 27.0. The van der Waals surface area contributed by atoms with Gasteiger partial charge in [-0.3, -0.25) is 4.55 Å². The fourth-order valence-electron chi connectivity index (χ4n) is 3.47. The molecule has 4 aromatic carbocycles. The van der Waals surface area contributed by atoms with Gasteiger partial charge in [-0.2, -0.15) is 8.42 Å². The number of carbonyl (C=O) groups excluding carboxylic acids is 2. The molecule has 192 valence electrons. The first kappa shape index (κ1) is 26.1. The number of carbonyl (C=O) groups is 2. The predicted octanol–water partition coefficient (Wildman–Crippen LogP) is 6.39. The largest absolute Gasteiger partial charge is 0.323 e. The third kappa shape index (κ3) is 7.53. The molecule has 0 unspecified atom stereocenters. The zero-order valence-corrected chi connectivity index (χ0v) is 20.8. The number of hydrogen-bond acceptors (Lipinski definition) is 4. The normalized spacial score (nSPS) is 11.1. The van der Waals surface area contributed by atoms with Crippen molar-refractivity contribution in [3.8, 4) is 0 Å². The molecule has 4 aromatic rings. The number of amides is 4. The second-order valence-corrected chi connectivity index (χ2v) is 9.46. The fraction of sp³-hybridized carbons (Fsp3) is 0. The van der Waals surface area contributed by atoms with Crippen molar-refractivity contribution in [1.29, 1.82) is 0 Å². The number of hydrogen-bond donors (Lipinski definition) is 5. The highest BCUT2D eigenvalue weighted by Crippen LogP contribution is 2.23. The van der Waals surface area contributed by atoms with Crippen LogP contribution in [0, 0.1) is 0 Å². The van der Waals surface area contributed by atoms with Gasteiger partial charge in [0.1, 0.15) is 4.90 Å². The van der Waals surface area contributed by atoms with E-state index < -0.39 is 16.1 Å². The Hall–Kier alpha value is -4.93. The molecule has 0 aliphatic heterocycles. The highest BCUT2D eigenvalue weighted by Gasteiger charge is 2.16. The minimum absolute atomic E-state index is 0.187. The average molecular weight is 529 g/mol. The van der Waals surface area contributed by atoms with Gasteiger partial charge < -0.3 is 21.3 Å². The molecule has 0 aromatic heterocycles. The average Bonchev–Trinajstić information content (AvgIpc) is 2.89. The van der Waals surface area contributed by atoms with Gasteiger partial charge in [-0.25, -0.2) is 9.59 Å². The van der Waals surface area contributed by atoms with Gasteiger partial charge in [0, 0.05) is 22.7 Å². The molecule has 0 fully saturated rings. The molecule has 10 heteroatoms. The molecule has 0 atom stereocenters. The molecular weight excluding hydrogens is 504 g/mol. The van der Waals surface area contributed by atoms with Gasteiger partial charge in [-0.05, 0) is 59.7 Å². The van der Waals surface area contributed by atoms with Crippen LogP contribution in [0.25, 0.3) is 12.2 Å². The standard InChI is InChI=1S/C28H24N4O5S/c33-27(29-22-7-3-1-4-8-22)31-24-16-12-20(13-17-24)11-14-21-15-18-25(19-26(21)38(35,36)37)32-28(34)30-23-9-5-2-6-10-23/h1-19H,(H2,29,31,33)(H2,30,32,34)(H,35,36,37). The van der Waals surface area contributed by atoms with Crippen molar-refractivity contribution in [2.75, 3.05) is 21.3 Å². The molecule has 0 saturated heterocycles. The molecule has 0 bridgehead atoms. The summed E-state index contributed by atoms with van der Waals surface area (Å²) in [7, 11) is -4.58. The van der Waals surface area contributed by atoms with Crippen LogP contribution in [-0.2, 0) is 10.1 Å². The molecule has 38 heavy (non-hydrogen) atoms. The number of benzene rings is 4. The van der Waals surface area contributed by atoms with E-state index >= 15 is 0 Å². The summed E-state index contributed by atoms with van der Waals surface area (Å²) in [6.45, 7) is 0. The molecule has 0 aliphatic rings. The highest BCUT2D eigenvalue weighted by molar-refractivity contribution is 7.86. The molecule has 0 spiro atoms. The highest BCUT2D eigenvalue weighted by atomic mass is 32.2. The van der Waals surface area contributed by atoms with Crippen molar-refractivity contribution in [1.82, 2.24) is 0 Å². The van der Waals surface area contributed by atoms with Crippen LogP contribution in [-0.4, -0.2) is 25.0 Å². The van der Waals surface area contributed by atoms with E-state index in [0.717, 1.165) is 5.56 Å². The van der Waals surface area contributed by atoms with Gasteiger partial charge in [0.2, 0.25) is 0 Å². The maximum atomic E-state index is 12.2. The smallest absolute Gasteiger partial charge is 0.308 e. The van der Waals surface area contributed by atoms with Crippen molar-refractivity contribution in [3.63, 3.8) is 0 Å². The van der Waals surface area contributed by atoms with Crippen LogP contribution in [0.2, 0.25) is 0 Å². The number of urea groups is 2. The Bertz CT molecular complexity index is 1560. The molecule has 9 nitrogen and oxygen atoms in total. The van der Waals surface area contributed by atoms with E-state index in [1.807, 2.05) is 24.3 Å². The van der Waals surface area contributed by atoms with Crippen LogP contribution in [0.4, 0.5) is 32.3 Å². The summed E-state index contributed by atoms with van der Waals surface area (Å²) in [6.07, 6.45) is 3.19. The van der Waals surface area contributed by atoms with Gasteiger partial charge in [-0.15, -0.1) is 0 Å². The maximum Gasteiger partial charge on any atom is 0.323 e. The second kappa shape index (κ2) is 11.9. The van der Waals surface area contributed by atoms with Crippen LogP contribution in [0.3, 0.4) is 0 Å². The zero-order valence-electron chi connectivity index (χ0n) is 20.0. The van der Waals surface area contributed by atoms with Crippen molar-refractivity contribution in [3.05, 3.63) is 114 Å². The van der Waals surface area contributed by atoms with Gasteiger partial charge in [0.25, 0.3) is 10.1 Å². The molecule has 4 rings (SSSR count). The third-order valence-electron chi connectivity index (χ3n) is 5.24. The van der Waals surface area contributed by atoms with E-state index in [4.69, 9.17) is 0 Å². The van der Waals surface area contributed by atoms with E-state index in [9.17, 15) is 22.6 Å². The van der Waals surface area contributed by atoms with Crippen molar-refractivity contribution in [2.45, 2.75) is 4.90 Å². The molecule has 0 aliphatic carbocycles. The van der Waals surface area contributed by atoms with E-state index in [2.05, 4.69) is 21.3 Å². The Morgan fingerprint density at radius 3 is 1.53 bits per heavy atom. The van der Waals surface area contributed by atoms with Crippen LogP contribution < -0.4 is 21.3 Å². The minimum atomic E-state index is -4.58. The SMILES string of the molecule is O=C(Nc1ccccc1)Nc1ccc(C=Cc2ccc(NC(=O)Nc3ccccc3)cc2S(=O)(=O)O)cc1. The van der Waals surface area contributed by atoms with E-state index in [1.165, 1.54) is 24.3 Å². The summed E-state index contributed by atoms with van der Waals surface area (Å²) in [5.41, 5.74) is 2.94. The van der Waals surface area contributed by atoms with Crippen molar-refractivity contribution >= 4 is 57.1 Å². The topological polar surface area (TPSA) is 137 Å². The monoisotopic (exact) mass is 528 g/mol. The fourth-order valence-corrected chi connectivity index (χ4v) is 4.18. The van der Waals surface area contributed by atoms with Gasteiger partial charge >= 0.3 is 12.1 Å². The summed E-state index contributed by atoms with van der Waals surface area (Å²) in [5.74, 6) is 0. The quantitative estimate of drug-likeness (QED) is 0.140. The lowest BCUT2D eigenvalue weighted by atomic mass is 10.1. The van der Waals surface area contributed by atoms with E-state index in [0.29, 0.717) is 17.1 Å². The molecule has 0 radical (unpaired) electrons. The third-order valence-corrected chi connectivity index (χ3v) is 6.15. The molecule has 0 saturated carbocycles. The van der Waals surface area contributed by atoms with Gasteiger partial charge in [-0.1, -0.05) is 66.7 Å². The van der Waals surface area contributed by atoms with E-state index in [1.54, 1.807) is 66.7 Å². The summed E-state index contributed by atoms with van der Waals surface area (Å²) in [5, 5.41) is 10.6. The Morgan fingerprint density at radius 2 is 1.03 bits per heavy atom. The first-order valence-electron chi connectivity index (χ1n) is 11.4. The minimum Gasteiger partial charge on any atom is -0.308 e. The number of rotatable bonds is 7. The Labute approximate surface area is 220 Å². The summed E-state index contributed by atoms with van der Waals surface area (Å²) in [4.78, 5) is 24.0. The first-order valence-corrected chi connectivity index (χ1v) is 12.9. The summed E-state index contributed by atoms with van der Waals surface area (Å²) in [6, 6.07) is 27.9. The summed E-state index contributed by atoms with van der Waals surface area (Å²) < 4.78 is 33.8. The lowest BCUT2D eigenvalue weighted by molar-refractivity contribution is 0.261. The summed E-state index contributed by atoms with van der Waals surface area (Å²) >= 11 is 0. The Balaban J connectivity index is 1.42. The molecule has 4 amide bonds. The molecule has 0 heterocycles. The molecule has 5 N–H and O–H groups in total. The number of anilines is 4. The van der Waals surface area contributed by atoms with Crippen molar-refractivity contribution < 1.29 is 22.6 Å². The van der Waals surface area contributed by atoms with Gasteiger partial charge in [0.15, 0.2) is 0 Å². The van der Waals surface area contributed by atoms with Crippen LogP contribution in [0.5, 0.6) is 0 Å². The van der Waals surface area contributed by atoms with Crippen LogP contribution in [0.15, 0.2) is 108 Å². The maximum absolute atomic E-state index is 12.2. The van der Waals surface area contributed by atoms with E-state index in [-0.39, 0.29) is 22.2 Å². The second-order valence-electron chi connectivity index (χ2n) is 8.07. The first-order chi connectivity index (χ1) is 18.3. The predicted molar refractivity (Wildman–Crippen MR) is 150 cm³/mol. The number of nitrogens with one attached hydrogen (secondary N) is 4.